The van der Waals surface area contributed by atoms with Crippen molar-refractivity contribution in [1.29, 1.82) is 5.26 Å². The van der Waals surface area contributed by atoms with Gasteiger partial charge in [0.05, 0.1) is 5.56 Å². The zero-order chi connectivity index (χ0) is 18.8. The van der Waals surface area contributed by atoms with Gasteiger partial charge in [0.1, 0.15) is 17.2 Å². The molecule has 0 bridgehead atoms. The quantitative estimate of drug-likeness (QED) is 0.833. The van der Waals surface area contributed by atoms with Gasteiger partial charge in [-0.15, -0.1) is 11.3 Å². The molecule has 0 saturated carbocycles. The van der Waals surface area contributed by atoms with E-state index in [2.05, 4.69) is 11.4 Å². The fraction of sp³-hybridized carbons (Fsp3) is 0.429. The standard InChI is InChI=1S/C21H22N2O3S/c1-13-19(26-17-10-7-6-9-16(17)25-13)20(24)23-21-15(12-22)14-8-4-2-3-5-11-18(14)27-21/h6-7,9-10,13,19H,2-5,8,11H2,1H3,(H,23,24)/t13-,19+/m1/s1. The van der Waals surface area contributed by atoms with Crippen LogP contribution in [0.5, 0.6) is 11.5 Å². The zero-order valence-corrected chi connectivity index (χ0v) is 16.1. The van der Waals surface area contributed by atoms with E-state index in [1.54, 1.807) is 6.07 Å². The average molecular weight is 382 g/mol. The summed E-state index contributed by atoms with van der Waals surface area (Å²) in [7, 11) is 0. The monoisotopic (exact) mass is 382 g/mol. The summed E-state index contributed by atoms with van der Waals surface area (Å²) in [5.74, 6) is 0.934. The van der Waals surface area contributed by atoms with Crippen molar-refractivity contribution in [3.63, 3.8) is 0 Å². The molecule has 1 aromatic carbocycles. The number of nitriles is 1. The highest BCUT2D eigenvalue weighted by Crippen LogP contribution is 2.38. The number of thiophene rings is 1. The van der Waals surface area contributed by atoms with Crippen LogP contribution in [0.3, 0.4) is 0 Å². The van der Waals surface area contributed by atoms with E-state index in [-0.39, 0.29) is 5.91 Å². The maximum Gasteiger partial charge on any atom is 0.270 e. The molecular formula is C21H22N2O3S. The number of benzene rings is 1. The number of aryl methyl sites for hydroxylation is 1. The van der Waals surface area contributed by atoms with Crippen molar-refractivity contribution in [3.05, 3.63) is 40.3 Å². The van der Waals surface area contributed by atoms with Crippen LogP contribution in [-0.4, -0.2) is 18.1 Å². The maximum atomic E-state index is 12.9. The molecule has 140 valence electrons. The Hall–Kier alpha value is -2.52. The van der Waals surface area contributed by atoms with E-state index >= 15 is 0 Å². The predicted molar refractivity (Wildman–Crippen MR) is 104 cm³/mol. The lowest BCUT2D eigenvalue weighted by atomic mass is 9.97. The number of carbonyl (C=O) groups is 1. The van der Waals surface area contributed by atoms with Gasteiger partial charge in [0.25, 0.3) is 5.91 Å². The van der Waals surface area contributed by atoms with Crippen molar-refractivity contribution in [3.8, 4) is 17.6 Å². The number of anilines is 1. The molecule has 2 heterocycles. The zero-order valence-electron chi connectivity index (χ0n) is 15.3. The molecule has 2 aromatic rings. The minimum Gasteiger partial charge on any atom is -0.482 e. The van der Waals surface area contributed by atoms with Gasteiger partial charge >= 0.3 is 0 Å². The van der Waals surface area contributed by atoms with Crippen molar-refractivity contribution in [2.24, 2.45) is 0 Å². The van der Waals surface area contributed by atoms with Crippen LogP contribution < -0.4 is 14.8 Å². The third-order valence-electron chi connectivity index (χ3n) is 5.12. The molecule has 0 spiro atoms. The van der Waals surface area contributed by atoms with Crippen molar-refractivity contribution >= 4 is 22.2 Å². The Kier molecular flexibility index (Phi) is 5.04. The van der Waals surface area contributed by atoms with Crippen LogP contribution in [0.2, 0.25) is 0 Å². The third-order valence-corrected chi connectivity index (χ3v) is 6.33. The van der Waals surface area contributed by atoms with E-state index in [0.29, 0.717) is 22.1 Å². The number of ether oxygens (including phenoxy) is 2. The third kappa shape index (κ3) is 3.52. The Balaban J connectivity index is 1.56. The largest absolute Gasteiger partial charge is 0.482 e. The van der Waals surface area contributed by atoms with Gasteiger partial charge in [-0.05, 0) is 50.3 Å². The van der Waals surface area contributed by atoms with E-state index in [4.69, 9.17) is 9.47 Å². The normalized spacial score (nSPS) is 21.3. The van der Waals surface area contributed by atoms with Crippen LogP contribution in [0.4, 0.5) is 5.00 Å². The minimum absolute atomic E-state index is 0.275. The van der Waals surface area contributed by atoms with E-state index in [1.165, 1.54) is 29.1 Å². The van der Waals surface area contributed by atoms with E-state index in [1.807, 2.05) is 25.1 Å². The van der Waals surface area contributed by atoms with E-state index in [0.717, 1.165) is 31.2 Å². The number of para-hydroxylation sites is 2. The molecule has 4 rings (SSSR count). The molecule has 1 aromatic heterocycles. The Morgan fingerprint density at radius 2 is 1.85 bits per heavy atom. The van der Waals surface area contributed by atoms with Crippen molar-refractivity contribution < 1.29 is 14.3 Å². The second kappa shape index (κ2) is 7.61. The number of carbonyl (C=O) groups excluding carboxylic acids is 1. The SMILES string of the molecule is C[C@H]1Oc2ccccc2O[C@@H]1C(=O)Nc1sc2c(c1C#N)CCCCCC2. The van der Waals surface area contributed by atoms with Crippen molar-refractivity contribution in [1.82, 2.24) is 0 Å². The van der Waals surface area contributed by atoms with Crippen LogP contribution in [0.15, 0.2) is 24.3 Å². The number of hydrogen-bond donors (Lipinski definition) is 1. The number of fused-ring (bicyclic) bond motifs is 2. The average Bonchev–Trinajstić information content (AvgIpc) is 2.96. The number of nitrogens with one attached hydrogen (secondary N) is 1. The van der Waals surface area contributed by atoms with Crippen LogP contribution in [0.25, 0.3) is 0 Å². The Morgan fingerprint density at radius 3 is 2.59 bits per heavy atom. The number of rotatable bonds is 2. The van der Waals surface area contributed by atoms with Gasteiger partial charge in [-0.3, -0.25) is 4.79 Å². The summed E-state index contributed by atoms with van der Waals surface area (Å²) in [6.07, 6.45) is 5.40. The second-order valence-corrected chi connectivity index (χ2v) is 8.14. The molecule has 6 heteroatoms. The summed E-state index contributed by atoms with van der Waals surface area (Å²) in [5.41, 5.74) is 1.74. The molecule has 0 saturated heterocycles. The summed E-state index contributed by atoms with van der Waals surface area (Å²) in [6.45, 7) is 1.82. The molecular weight excluding hydrogens is 360 g/mol. The van der Waals surface area contributed by atoms with Crippen LogP contribution >= 0.6 is 11.3 Å². The Morgan fingerprint density at radius 1 is 1.15 bits per heavy atom. The van der Waals surface area contributed by atoms with Crippen LogP contribution in [-0.2, 0) is 17.6 Å². The molecule has 1 amide bonds. The first kappa shape index (κ1) is 17.9. The predicted octanol–water partition coefficient (Wildman–Crippen LogP) is 4.45. The lowest BCUT2D eigenvalue weighted by molar-refractivity contribution is -0.127. The van der Waals surface area contributed by atoms with Gasteiger partial charge in [0.2, 0.25) is 6.10 Å². The molecule has 2 atom stereocenters. The van der Waals surface area contributed by atoms with Crippen LogP contribution in [0, 0.1) is 11.3 Å². The van der Waals surface area contributed by atoms with E-state index in [9.17, 15) is 10.1 Å². The summed E-state index contributed by atoms with van der Waals surface area (Å²) < 4.78 is 11.7. The highest BCUT2D eigenvalue weighted by molar-refractivity contribution is 7.16. The summed E-state index contributed by atoms with van der Waals surface area (Å²) in [4.78, 5) is 14.1. The highest BCUT2D eigenvalue weighted by Gasteiger charge is 2.35. The lowest BCUT2D eigenvalue weighted by Crippen LogP contribution is -2.46. The smallest absolute Gasteiger partial charge is 0.270 e. The van der Waals surface area contributed by atoms with Crippen molar-refractivity contribution in [2.75, 3.05) is 5.32 Å². The first-order valence-corrected chi connectivity index (χ1v) is 10.3. The summed E-state index contributed by atoms with van der Waals surface area (Å²) in [6, 6.07) is 9.65. The fourth-order valence-electron chi connectivity index (χ4n) is 3.72. The number of amides is 1. The molecule has 0 radical (unpaired) electrons. The topological polar surface area (TPSA) is 71.3 Å². The second-order valence-electron chi connectivity index (χ2n) is 7.03. The van der Waals surface area contributed by atoms with Gasteiger partial charge in [-0.1, -0.05) is 25.0 Å². The first-order valence-electron chi connectivity index (χ1n) is 9.45. The Labute approximate surface area is 162 Å². The van der Waals surface area contributed by atoms with Gasteiger partial charge in [-0.25, -0.2) is 0 Å². The molecule has 0 unspecified atom stereocenters. The first-order chi connectivity index (χ1) is 13.2. The van der Waals surface area contributed by atoms with Gasteiger partial charge in [0, 0.05) is 4.88 Å². The molecule has 27 heavy (non-hydrogen) atoms. The maximum absolute atomic E-state index is 12.9. The molecule has 1 aliphatic heterocycles. The Bertz CT molecular complexity index is 899. The summed E-state index contributed by atoms with van der Waals surface area (Å²) in [5, 5.41) is 13.3. The molecule has 1 N–H and O–H groups in total. The number of hydrogen-bond acceptors (Lipinski definition) is 5. The molecule has 1 aliphatic carbocycles. The molecule has 2 aliphatic rings. The van der Waals surface area contributed by atoms with Gasteiger partial charge in [0.15, 0.2) is 11.5 Å². The highest BCUT2D eigenvalue weighted by atomic mass is 32.1. The lowest BCUT2D eigenvalue weighted by Gasteiger charge is -2.30. The fourth-order valence-corrected chi connectivity index (χ4v) is 4.96. The summed E-state index contributed by atoms with van der Waals surface area (Å²) >= 11 is 1.54. The minimum atomic E-state index is -0.754. The van der Waals surface area contributed by atoms with Gasteiger partial charge in [-0.2, -0.15) is 5.26 Å². The number of nitrogens with zero attached hydrogens (tertiary/aromatic N) is 1. The van der Waals surface area contributed by atoms with Crippen molar-refractivity contribution in [2.45, 2.75) is 57.7 Å². The van der Waals surface area contributed by atoms with E-state index < -0.39 is 12.2 Å². The van der Waals surface area contributed by atoms with Gasteiger partial charge < -0.3 is 14.8 Å². The van der Waals surface area contributed by atoms with Crippen LogP contribution in [0.1, 0.15) is 48.6 Å². The molecule has 5 nitrogen and oxygen atoms in total. The molecule has 0 fully saturated rings.